The Bertz CT molecular complexity index is 146. The van der Waals surface area contributed by atoms with Crippen LogP contribution in [-0.2, 0) is 14.3 Å². The first-order valence-corrected chi connectivity index (χ1v) is 4.95. The van der Waals surface area contributed by atoms with Crippen molar-refractivity contribution in [2.24, 2.45) is 0 Å². The molecule has 0 atom stereocenters. The minimum absolute atomic E-state index is 0.0880. The first kappa shape index (κ1) is 15.4. The number of carboxylic acid groups (broad SMARTS) is 1. The Morgan fingerprint density at radius 3 is 1.79 bits per heavy atom. The molecule has 0 aromatic carbocycles. The summed E-state index contributed by atoms with van der Waals surface area (Å²) < 4.78 is 4.64. The number of hydrogen-bond acceptors (Lipinski definition) is 3. The molecule has 4 heteroatoms. The van der Waals surface area contributed by atoms with Crippen molar-refractivity contribution in [2.45, 2.75) is 46.5 Å². The molecule has 0 unspecified atom stereocenters. The van der Waals surface area contributed by atoms with E-state index in [0.717, 1.165) is 12.8 Å². The summed E-state index contributed by atoms with van der Waals surface area (Å²) in [6.45, 7) is 6.11. The first-order chi connectivity index (χ1) is 6.58. The molecule has 0 rings (SSSR count). The highest BCUT2D eigenvalue weighted by molar-refractivity contribution is 5.69. The Kier molecular flexibility index (Phi) is 13.1. The van der Waals surface area contributed by atoms with Crippen LogP contribution >= 0.6 is 0 Å². The number of carbonyl (C=O) groups is 2. The fraction of sp³-hybridized carbons (Fsp3) is 0.800. The summed E-state index contributed by atoms with van der Waals surface area (Å²) in [7, 11) is 0. The minimum Gasteiger partial charge on any atom is -0.481 e. The van der Waals surface area contributed by atoms with E-state index in [4.69, 9.17) is 5.11 Å². The van der Waals surface area contributed by atoms with Crippen LogP contribution in [0.4, 0.5) is 0 Å². The normalized spacial score (nSPS) is 8.50. The van der Waals surface area contributed by atoms with E-state index < -0.39 is 5.97 Å². The van der Waals surface area contributed by atoms with E-state index in [0.29, 0.717) is 19.4 Å². The molecule has 0 heterocycles. The fourth-order valence-corrected chi connectivity index (χ4v) is 0.651. The molecule has 0 aliphatic carbocycles. The zero-order valence-electron chi connectivity index (χ0n) is 9.21. The third-order valence-electron chi connectivity index (χ3n) is 1.22. The van der Waals surface area contributed by atoms with Gasteiger partial charge in [-0.2, -0.15) is 0 Å². The molecule has 4 nitrogen and oxygen atoms in total. The Balaban J connectivity index is 0. The van der Waals surface area contributed by atoms with Gasteiger partial charge in [-0.25, -0.2) is 0 Å². The molecule has 0 aliphatic rings. The van der Waals surface area contributed by atoms with E-state index in [1.807, 2.05) is 20.8 Å². The van der Waals surface area contributed by atoms with E-state index in [1.165, 1.54) is 0 Å². The number of hydrogen-bond donors (Lipinski definition) is 1. The molecule has 0 amide bonds. The van der Waals surface area contributed by atoms with Gasteiger partial charge >= 0.3 is 11.9 Å². The molecular weight excluding hydrogens is 184 g/mol. The van der Waals surface area contributed by atoms with E-state index in [1.54, 1.807) is 0 Å². The smallest absolute Gasteiger partial charge is 0.305 e. The molecule has 0 aliphatic heterocycles. The van der Waals surface area contributed by atoms with Gasteiger partial charge in [-0.3, -0.25) is 9.59 Å². The second-order valence-corrected chi connectivity index (χ2v) is 2.70. The average molecular weight is 204 g/mol. The van der Waals surface area contributed by atoms with Gasteiger partial charge in [0.25, 0.3) is 0 Å². The summed E-state index contributed by atoms with van der Waals surface area (Å²) >= 11 is 0. The average Bonchev–Trinajstić information content (AvgIpc) is 2.05. The predicted molar refractivity (Wildman–Crippen MR) is 54.1 cm³/mol. The summed E-state index contributed by atoms with van der Waals surface area (Å²) in [6.07, 6.45) is 2.45. The molecule has 0 saturated carbocycles. The van der Waals surface area contributed by atoms with Crippen LogP contribution < -0.4 is 0 Å². The summed E-state index contributed by atoms with van der Waals surface area (Å²) in [5, 5.41) is 7.91. The van der Waals surface area contributed by atoms with Crippen LogP contribution in [0.25, 0.3) is 0 Å². The topological polar surface area (TPSA) is 63.6 Å². The lowest BCUT2D eigenvalue weighted by Crippen LogP contribution is -2.01. The summed E-state index contributed by atoms with van der Waals surface area (Å²) in [4.78, 5) is 20.0. The largest absolute Gasteiger partial charge is 0.481 e. The van der Waals surface area contributed by atoms with Crippen molar-refractivity contribution >= 4 is 11.9 Å². The lowest BCUT2D eigenvalue weighted by Gasteiger charge is -1.96. The maximum absolute atomic E-state index is 10.4. The molecule has 0 aromatic heterocycles. The monoisotopic (exact) mass is 204 g/mol. The molecule has 0 radical (unpaired) electrons. The Morgan fingerprint density at radius 1 is 1.07 bits per heavy atom. The van der Waals surface area contributed by atoms with Gasteiger partial charge < -0.3 is 9.84 Å². The lowest BCUT2D eigenvalue weighted by molar-refractivity contribution is -0.143. The van der Waals surface area contributed by atoms with Crippen LogP contribution in [0.5, 0.6) is 0 Å². The zero-order chi connectivity index (χ0) is 11.4. The van der Waals surface area contributed by atoms with Crippen LogP contribution in [0, 0.1) is 0 Å². The zero-order valence-corrected chi connectivity index (χ0v) is 9.21. The molecular formula is C10H20O4. The Morgan fingerprint density at radius 2 is 1.57 bits per heavy atom. The van der Waals surface area contributed by atoms with Crippen LogP contribution in [-0.4, -0.2) is 23.7 Å². The molecule has 0 aromatic rings. The van der Waals surface area contributed by atoms with Gasteiger partial charge in [-0.05, 0) is 19.8 Å². The highest BCUT2D eigenvalue weighted by atomic mass is 16.5. The van der Waals surface area contributed by atoms with Gasteiger partial charge in [0.2, 0.25) is 0 Å². The summed E-state index contributed by atoms with van der Waals surface area (Å²) in [5.74, 6) is -0.799. The van der Waals surface area contributed by atoms with Crippen molar-refractivity contribution in [1.82, 2.24) is 0 Å². The third-order valence-corrected chi connectivity index (χ3v) is 1.22. The minimum atomic E-state index is -0.711. The third kappa shape index (κ3) is 17.1. The van der Waals surface area contributed by atoms with Crippen molar-refractivity contribution in [3.8, 4) is 0 Å². The molecule has 84 valence electrons. The predicted octanol–water partition coefficient (Wildman–Crippen LogP) is 2.22. The van der Waals surface area contributed by atoms with Gasteiger partial charge in [0.15, 0.2) is 0 Å². The first-order valence-electron chi connectivity index (χ1n) is 4.95. The maximum Gasteiger partial charge on any atom is 0.305 e. The lowest BCUT2D eigenvalue weighted by atomic mass is 10.3. The molecule has 14 heavy (non-hydrogen) atoms. The summed E-state index contributed by atoms with van der Waals surface area (Å²) in [6, 6.07) is 0. The van der Waals surface area contributed by atoms with Crippen LogP contribution in [0.1, 0.15) is 46.5 Å². The highest BCUT2D eigenvalue weighted by Crippen LogP contribution is 1.89. The molecule has 0 bridgehead atoms. The standard InChI is InChI=1S/C6H12O2.C4H8O2/c1-3-5-6(7)8-4-2;1-2-3-4(5)6/h3-5H2,1-2H3;2-3H2,1H3,(H,5,6). The van der Waals surface area contributed by atoms with Crippen LogP contribution in [0.15, 0.2) is 0 Å². The molecule has 0 spiro atoms. The van der Waals surface area contributed by atoms with Crippen molar-refractivity contribution < 1.29 is 19.4 Å². The van der Waals surface area contributed by atoms with Crippen molar-refractivity contribution in [3.05, 3.63) is 0 Å². The van der Waals surface area contributed by atoms with Gasteiger partial charge in [-0.15, -0.1) is 0 Å². The number of carbonyl (C=O) groups excluding carboxylic acids is 1. The highest BCUT2D eigenvalue weighted by Gasteiger charge is 1.95. The number of rotatable bonds is 5. The number of aliphatic carboxylic acids is 1. The van der Waals surface area contributed by atoms with E-state index >= 15 is 0 Å². The maximum atomic E-state index is 10.4. The molecule has 1 N–H and O–H groups in total. The molecule has 0 fully saturated rings. The number of carboxylic acids is 1. The quantitative estimate of drug-likeness (QED) is 0.697. The fourth-order valence-electron chi connectivity index (χ4n) is 0.651. The molecule has 0 saturated heterocycles. The van der Waals surface area contributed by atoms with Crippen LogP contribution in [0.3, 0.4) is 0 Å². The van der Waals surface area contributed by atoms with Gasteiger partial charge in [-0.1, -0.05) is 13.8 Å². The Hall–Kier alpha value is -1.06. The van der Waals surface area contributed by atoms with Gasteiger partial charge in [0.05, 0.1) is 6.61 Å². The summed E-state index contributed by atoms with van der Waals surface area (Å²) in [5.41, 5.74) is 0. The van der Waals surface area contributed by atoms with Crippen molar-refractivity contribution in [3.63, 3.8) is 0 Å². The second-order valence-electron chi connectivity index (χ2n) is 2.70. The van der Waals surface area contributed by atoms with Crippen molar-refractivity contribution in [2.75, 3.05) is 6.61 Å². The second kappa shape index (κ2) is 11.9. The van der Waals surface area contributed by atoms with Gasteiger partial charge in [0, 0.05) is 12.8 Å². The SMILES string of the molecule is CCCC(=O)O.CCCC(=O)OCC. The number of ether oxygens (including phenoxy) is 1. The van der Waals surface area contributed by atoms with Crippen molar-refractivity contribution in [1.29, 1.82) is 0 Å². The van der Waals surface area contributed by atoms with E-state index in [-0.39, 0.29) is 5.97 Å². The Labute approximate surface area is 85.3 Å². The van der Waals surface area contributed by atoms with Crippen LogP contribution in [0.2, 0.25) is 0 Å². The van der Waals surface area contributed by atoms with Gasteiger partial charge in [0.1, 0.15) is 0 Å². The number of esters is 1. The van der Waals surface area contributed by atoms with E-state index in [9.17, 15) is 9.59 Å². The van der Waals surface area contributed by atoms with E-state index in [2.05, 4.69) is 4.74 Å².